The Morgan fingerprint density at radius 1 is 1.05 bits per heavy atom. The smallest absolute Gasteiger partial charge is 0.192 e. The van der Waals surface area contributed by atoms with Gasteiger partial charge in [0.15, 0.2) is 11.9 Å². The van der Waals surface area contributed by atoms with E-state index in [-0.39, 0.29) is 5.92 Å². The number of pyridine rings is 2. The van der Waals surface area contributed by atoms with Gasteiger partial charge in [-0.25, -0.2) is 0 Å². The normalized spacial score (nSPS) is 12.5. The molecule has 0 amide bonds. The molecular weight excluding hydrogens is 236 g/mol. The first-order valence-electron chi connectivity index (χ1n) is 6.53. The zero-order chi connectivity index (χ0) is 14.2. The molecule has 2 rings (SSSR count). The highest BCUT2D eigenvalue weighted by Gasteiger charge is 2.15. The number of aryl methyl sites for hydroxylation is 3. The molecule has 2 aromatic rings. The maximum Gasteiger partial charge on any atom is 0.192 e. The molecule has 1 atom stereocenters. The van der Waals surface area contributed by atoms with Crippen molar-refractivity contribution in [1.29, 1.82) is 0 Å². The molecule has 0 saturated carbocycles. The summed E-state index contributed by atoms with van der Waals surface area (Å²) in [5.74, 6) is 0.172. The first-order chi connectivity index (χ1) is 8.90. The molecule has 0 unspecified atom stereocenters. The summed E-state index contributed by atoms with van der Waals surface area (Å²) in [4.78, 5) is 4.40. The van der Waals surface area contributed by atoms with Crippen LogP contribution in [0.4, 0.5) is 0 Å². The minimum absolute atomic E-state index is 0.172. The van der Waals surface area contributed by atoms with Crippen LogP contribution in [0.5, 0.6) is 0 Å². The Kier molecular flexibility index (Phi) is 3.56. The highest BCUT2D eigenvalue weighted by molar-refractivity contribution is 5.33. The summed E-state index contributed by atoms with van der Waals surface area (Å²) in [6.45, 7) is 9.99. The average Bonchev–Trinajstić information content (AvgIpc) is 2.37. The summed E-state index contributed by atoms with van der Waals surface area (Å²) < 4.78 is 0.954. The van der Waals surface area contributed by atoms with Crippen LogP contribution >= 0.6 is 0 Å². The Labute approximate surface area is 114 Å². The van der Waals surface area contributed by atoms with E-state index in [0.717, 1.165) is 32.8 Å². The molecule has 0 saturated heterocycles. The Balaban J connectivity index is 2.43. The maximum absolute atomic E-state index is 11.8. The van der Waals surface area contributed by atoms with Crippen molar-refractivity contribution >= 4 is 0 Å². The van der Waals surface area contributed by atoms with Crippen molar-refractivity contribution < 1.29 is 4.73 Å². The van der Waals surface area contributed by atoms with Gasteiger partial charge in [-0.3, -0.25) is 4.98 Å². The van der Waals surface area contributed by atoms with Gasteiger partial charge >= 0.3 is 0 Å². The van der Waals surface area contributed by atoms with Crippen LogP contribution in [0.2, 0.25) is 0 Å². The molecule has 2 heterocycles. The van der Waals surface area contributed by atoms with Gasteiger partial charge in [0, 0.05) is 35.9 Å². The second-order valence-electron chi connectivity index (χ2n) is 5.26. The summed E-state index contributed by atoms with van der Waals surface area (Å²) in [6.07, 6.45) is 3.57. The molecule has 3 nitrogen and oxygen atoms in total. The lowest BCUT2D eigenvalue weighted by Crippen LogP contribution is -2.31. The quantitative estimate of drug-likeness (QED) is 0.612. The van der Waals surface area contributed by atoms with Gasteiger partial charge in [0.2, 0.25) is 0 Å². The first kappa shape index (κ1) is 13.5. The fourth-order valence-corrected chi connectivity index (χ4v) is 2.13. The molecule has 3 heteroatoms. The monoisotopic (exact) mass is 256 g/mol. The molecule has 100 valence electrons. The summed E-state index contributed by atoms with van der Waals surface area (Å²) in [5.41, 5.74) is 6.19. The van der Waals surface area contributed by atoms with E-state index in [1.54, 1.807) is 6.20 Å². The third-order valence-corrected chi connectivity index (χ3v) is 3.91. The van der Waals surface area contributed by atoms with Crippen LogP contribution in [-0.4, -0.2) is 4.98 Å². The predicted molar refractivity (Wildman–Crippen MR) is 76.1 cm³/mol. The number of nitrogens with zero attached hydrogens (tertiary/aromatic N) is 2. The van der Waals surface area contributed by atoms with E-state index in [9.17, 15) is 5.21 Å². The van der Waals surface area contributed by atoms with Gasteiger partial charge in [-0.05, 0) is 38.0 Å². The van der Waals surface area contributed by atoms with Crippen molar-refractivity contribution in [2.24, 2.45) is 0 Å². The number of hydrogen-bond donors (Lipinski definition) is 0. The molecule has 0 aliphatic heterocycles. The number of aromatic nitrogens is 2. The minimum Gasteiger partial charge on any atom is -0.618 e. The van der Waals surface area contributed by atoms with E-state index in [0.29, 0.717) is 0 Å². The Morgan fingerprint density at radius 3 is 2.26 bits per heavy atom. The van der Waals surface area contributed by atoms with Gasteiger partial charge in [0.05, 0.1) is 0 Å². The molecule has 0 aliphatic rings. The van der Waals surface area contributed by atoms with Crippen molar-refractivity contribution in [3.8, 4) is 0 Å². The van der Waals surface area contributed by atoms with Crippen molar-refractivity contribution in [1.82, 2.24) is 4.98 Å². The SMILES string of the molecule is Cc1cc([C@H](C)c2cc(C)c(C)[n+]([O-])c2)cnc1C. The van der Waals surface area contributed by atoms with Gasteiger partial charge in [-0.15, -0.1) is 0 Å². The van der Waals surface area contributed by atoms with Gasteiger partial charge < -0.3 is 5.21 Å². The molecule has 0 fully saturated rings. The van der Waals surface area contributed by atoms with Crippen LogP contribution < -0.4 is 4.73 Å². The van der Waals surface area contributed by atoms with Crippen LogP contribution in [0, 0.1) is 32.9 Å². The predicted octanol–water partition coefficient (Wildman–Crippen LogP) is 3.10. The van der Waals surface area contributed by atoms with Crippen molar-refractivity contribution in [2.45, 2.75) is 40.5 Å². The van der Waals surface area contributed by atoms with Crippen LogP contribution in [0.15, 0.2) is 24.5 Å². The van der Waals surface area contributed by atoms with Gasteiger partial charge in [0.1, 0.15) is 0 Å². The van der Waals surface area contributed by atoms with E-state index in [1.807, 2.05) is 27.0 Å². The van der Waals surface area contributed by atoms with Gasteiger partial charge in [-0.1, -0.05) is 13.0 Å². The van der Waals surface area contributed by atoms with Crippen LogP contribution in [0.25, 0.3) is 0 Å². The molecular formula is C16H20N2O. The molecule has 0 spiro atoms. The molecule has 0 aliphatic carbocycles. The fraction of sp³-hybridized carbons (Fsp3) is 0.375. The Morgan fingerprint density at radius 2 is 1.68 bits per heavy atom. The highest BCUT2D eigenvalue weighted by Crippen LogP contribution is 2.24. The van der Waals surface area contributed by atoms with E-state index >= 15 is 0 Å². The summed E-state index contributed by atoms with van der Waals surface area (Å²) in [5, 5.41) is 11.8. The lowest BCUT2D eigenvalue weighted by molar-refractivity contribution is -0.613. The van der Waals surface area contributed by atoms with Crippen LogP contribution in [0.3, 0.4) is 0 Å². The molecule has 0 radical (unpaired) electrons. The summed E-state index contributed by atoms with van der Waals surface area (Å²) in [7, 11) is 0. The number of hydrogen-bond acceptors (Lipinski definition) is 2. The van der Waals surface area contributed by atoms with Crippen molar-refractivity contribution in [3.05, 3.63) is 63.4 Å². The fourth-order valence-electron chi connectivity index (χ4n) is 2.13. The first-order valence-corrected chi connectivity index (χ1v) is 6.53. The van der Waals surface area contributed by atoms with Crippen LogP contribution in [-0.2, 0) is 0 Å². The third-order valence-electron chi connectivity index (χ3n) is 3.91. The molecule has 2 aromatic heterocycles. The zero-order valence-corrected chi connectivity index (χ0v) is 12.2. The average molecular weight is 256 g/mol. The number of rotatable bonds is 2. The summed E-state index contributed by atoms with van der Waals surface area (Å²) in [6, 6.07) is 4.24. The maximum atomic E-state index is 11.8. The zero-order valence-electron chi connectivity index (χ0n) is 12.2. The van der Waals surface area contributed by atoms with E-state index in [1.165, 1.54) is 5.56 Å². The largest absolute Gasteiger partial charge is 0.618 e. The summed E-state index contributed by atoms with van der Waals surface area (Å²) >= 11 is 0. The van der Waals surface area contributed by atoms with E-state index in [2.05, 4.69) is 31.0 Å². The lowest BCUT2D eigenvalue weighted by Gasteiger charge is -2.14. The molecule has 0 bridgehead atoms. The topological polar surface area (TPSA) is 39.8 Å². The molecule has 19 heavy (non-hydrogen) atoms. The lowest BCUT2D eigenvalue weighted by atomic mass is 9.93. The van der Waals surface area contributed by atoms with Crippen LogP contribution in [0.1, 0.15) is 46.5 Å². The minimum atomic E-state index is 0.172. The van der Waals surface area contributed by atoms with Gasteiger partial charge in [-0.2, -0.15) is 4.73 Å². The Bertz CT molecular complexity index is 597. The molecule has 0 N–H and O–H groups in total. The second kappa shape index (κ2) is 5.00. The third kappa shape index (κ3) is 2.60. The van der Waals surface area contributed by atoms with E-state index < -0.39 is 0 Å². The second-order valence-corrected chi connectivity index (χ2v) is 5.26. The van der Waals surface area contributed by atoms with Crippen molar-refractivity contribution in [3.63, 3.8) is 0 Å². The van der Waals surface area contributed by atoms with Gasteiger partial charge in [0.25, 0.3) is 0 Å². The van der Waals surface area contributed by atoms with E-state index in [4.69, 9.17) is 0 Å². The van der Waals surface area contributed by atoms with Crippen molar-refractivity contribution in [2.75, 3.05) is 0 Å². The highest BCUT2D eigenvalue weighted by atomic mass is 16.5. The standard InChI is InChI=1S/C16H20N2O/c1-10-6-15(8-17-13(10)4)12(3)16-7-11(2)14(5)18(19)9-16/h6-9,12H,1-5H3/t12-/m0/s1. The molecule has 0 aromatic carbocycles. The Hall–Kier alpha value is -1.90.